The first-order chi connectivity index (χ1) is 12.1. The van der Waals surface area contributed by atoms with Gasteiger partial charge >= 0.3 is 0 Å². The van der Waals surface area contributed by atoms with Gasteiger partial charge in [-0.05, 0) is 55.2 Å². The van der Waals surface area contributed by atoms with Crippen LogP contribution in [0.3, 0.4) is 0 Å². The number of hydrogen-bond acceptors (Lipinski definition) is 4. The van der Waals surface area contributed by atoms with Crippen molar-refractivity contribution in [2.24, 2.45) is 0 Å². The summed E-state index contributed by atoms with van der Waals surface area (Å²) < 4.78 is 5.54. The molecule has 5 nitrogen and oxygen atoms in total. The summed E-state index contributed by atoms with van der Waals surface area (Å²) in [7, 11) is 0. The molecule has 1 aromatic carbocycles. The lowest BCUT2D eigenvalue weighted by molar-refractivity contribution is -0.123. The van der Waals surface area contributed by atoms with Crippen molar-refractivity contribution in [1.82, 2.24) is 10.3 Å². The van der Waals surface area contributed by atoms with Crippen LogP contribution in [0.4, 0.5) is 5.82 Å². The number of aromatic nitrogens is 1. The minimum atomic E-state index is -0.169. The highest BCUT2D eigenvalue weighted by Crippen LogP contribution is 2.21. The Balaban J connectivity index is 1.45. The molecule has 0 spiro atoms. The molecule has 0 saturated carbocycles. The van der Waals surface area contributed by atoms with Crippen LogP contribution in [-0.2, 0) is 11.3 Å². The average Bonchev–Trinajstić information content (AvgIpc) is 3.14. The third kappa shape index (κ3) is 4.86. The topological polar surface area (TPSA) is 54.5 Å². The summed E-state index contributed by atoms with van der Waals surface area (Å²) in [6, 6.07) is 9.34. The Kier molecular flexibility index (Phi) is 5.76. The molecular weight excluding hydrogens is 338 g/mol. The maximum absolute atomic E-state index is 12.0. The zero-order valence-electron chi connectivity index (χ0n) is 14.3. The first-order valence-electron chi connectivity index (χ1n) is 8.47. The lowest BCUT2D eigenvalue weighted by Gasteiger charge is -2.16. The molecule has 0 unspecified atom stereocenters. The van der Waals surface area contributed by atoms with Gasteiger partial charge < -0.3 is 15.0 Å². The molecule has 2 heterocycles. The number of anilines is 1. The molecule has 1 aliphatic heterocycles. The lowest BCUT2D eigenvalue weighted by Crippen LogP contribution is -2.28. The van der Waals surface area contributed by atoms with Gasteiger partial charge in [-0.1, -0.05) is 17.7 Å². The van der Waals surface area contributed by atoms with Gasteiger partial charge in [0.1, 0.15) is 11.6 Å². The van der Waals surface area contributed by atoms with Gasteiger partial charge in [-0.2, -0.15) is 0 Å². The van der Waals surface area contributed by atoms with Crippen molar-refractivity contribution in [3.8, 4) is 5.75 Å². The monoisotopic (exact) mass is 359 g/mol. The number of amides is 1. The molecule has 0 bridgehead atoms. The van der Waals surface area contributed by atoms with E-state index in [-0.39, 0.29) is 12.5 Å². The average molecular weight is 360 g/mol. The molecule has 1 aromatic heterocycles. The molecule has 2 aromatic rings. The summed E-state index contributed by atoms with van der Waals surface area (Å²) in [6.45, 7) is 4.46. The highest BCUT2D eigenvalue weighted by Gasteiger charge is 2.13. The third-order valence-electron chi connectivity index (χ3n) is 4.22. The number of ether oxygens (including phenoxy) is 1. The molecule has 0 radical (unpaired) electrons. The Labute approximate surface area is 153 Å². The molecule has 3 rings (SSSR count). The quantitative estimate of drug-likeness (QED) is 0.859. The molecule has 1 saturated heterocycles. The zero-order valence-corrected chi connectivity index (χ0v) is 15.1. The summed E-state index contributed by atoms with van der Waals surface area (Å²) in [5.74, 6) is 1.50. The van der Waals surface area contributed by atoms with Gasteiger partial charge in [0, 0.05) is 30.9 Å². The van der Waals surface area contributed by atoms with Crippen molar-refractivity contribution in [2.75, 3.05) is 24.6 Å². The van der Waals surface area contributed by atoms with E-state index in [9.17, 15) is 4.79 Å². The van der Waals surface area contributed by atoms with Gasteiger partial charge in [-0.15, -0.1) is 0 Å². The minimum Gasteiger partial charge on any atom is -0.484 e. The maximum atomic E-state index is 12.0. The minimum absolute atomic E-state index is 0.0260. The number of halogens is 1. The van der Waals surface area contributed by atoms with Gasteiger partial charge in [0.15, 0.2) is 6.61 Å². The van der Waals surface area contributed by atoms with Crippen molar-refractivity contribution >= 4 is 23.3 Å². The summed E-state index contributed by atoms with van der Waals surface area (Å²) in [5.41, 5.74) is 1.88. The van der Waals surface area contributed by atoms with Crippen LogP contribution < -0.4 is 15.0 Å². The molecular formula is C19H22ClN3O2. The maximum Gasteiger partial charge on any atom is 0.258 e. The fraction of sp³-hybridized carbons (Fsp3) is 0.368. The number of hydrogen-bond donors (Lipinski definition) is 1. The van der Waals surface area contributed by atoms with Crippen LogP contribution in [0.5, 0.6) is 5.75 Å². The molecule has 0 atom stereocenters. The van der Waals surface area contributed by atoms with Crippen LogP contribution in [0, 0.1) is 6.92 Å². The van der Waals surface area contributed by atoms with Crippen molar-refractivity contribution in [1.29, 1.82) is 0 Å². The molecule has 1 aliphatic rings. The highest BCUT2D eigenvalue weighted by atomic mass is 35.5. The second kappa shape index (κ2) is 8.21. The van der Waals surface area contributed by atoms with E-state index < -0.39 is 0 Å². The van der Waals surface area contributed by atoms with Gasteiger partial charge in [0.05, 0.1) is 0 Å². The lowest BCUT2D eigenvalue weighted by atomic mass is 10.2. The molecule has 132 valence electrons. The van der Waals surface area contributed by atoms with E-state index in [2.05, 4.69) is 15.2 Å². The number of rotatable bonds is 6. The second-order valence-corrected chi connectivity index (χ2v) is 6.63. The molecule has 1 amide bonds. The van der Waals surface area contributed by atoms with Crippen molar-refractivity contribution in [3.05, 3.63) is 52.7 Å². The van der Waals surface area contributed by atoms with Gasteiger partial charge in [-0.25, -0.2) is 4.98 Å². The predicted octanol–water partition coefficient (Wildman–Crippen LogP) is 3.34. The number of carbonyl (C=O) groups excluding carboxylic acids is 1. The largest absolute Gasteiger partial charge is 0.484 e. The van der Waals surface area contributed by atoms with Crippen LogP contribution in [0.15, 0.2) is 36.5 Å². The predicted molar refractivity (Wildman–Crippen MR) is 99.2 cm³/mol. The van der Waals surface area contributed by atoms with E-state index in [1.165, 1.54) is 12.8 Å². The third-order valence-corrected chi connectivity index (χ3v) is 4.46. The van der Waals surface area contributed by atoms with Crippen LogP contribution in [0.25, 0.3) is 0 Å². The van der Waals surface area contributed by atoms with E-state index in [0.29, 0.717) is 17.3 Å². The fourth-order valence-electron chi connectivity index (χ4n) is 2.82. The van der Waals surface area contributed by atoms with Gasteiger partial charge in [0.2, 0.25) is 0 Å². The molecule has 1 fully saturated rings. The number of nitrogens with one attached hydrogen (secondary N) is 1. The van der Waals surface area contributed by atoms with Crippen LogP contribution in [0.2, 0.25) is 5.02 Å². The normalized spacial score (nSPS) is 13.8. The van der Waals surface area contributed by atoms with Crippen LogP contribution in [0.1, 0.15) is 24.0 Å². The van der Waals surface area contributed by atoms with Crippen LogP contribution in [-0.4, -0.2) is 30.6 Å². The Morgan fingerprint density at radius 1 is 1.28 bits per heavy atom. The molecule has 1 N–H and O–H groups in total. The SMILES string of the molecule is Cc1cc(Cl)ccc1OCC(=O)NCc1ccc(N2CCCC2)nc1. The fourth-order valence-corrected chi connectivity index (χ4v) is 3.05. The standard InChI is InChI=1S/C19H22ClN3O2/c1-14-10-16(20)5-6-17(14)25-13-19(24)22-12-15-4-7-18(21-11-15)23-8-2-3-9-23/h4-7,10-11H,2-3,8-9,12-13H2,1H3,(H,22,24). The number of nitrogens with zero attached hydrogens (tertiary/aromatic N) is 2. The van der Waals surface area contributed by atoms with E-state index in [0.717, 1.165) is 30.0 Å². The van der Waals surface area contributed by atoms with E-state index in [4.69, 9.17) is 16.3 Å². The summed E-state index contributed by atoms with van der Waals surface area (Å²) >= 11 is 5.91. The molecule has 25 heavy (non-hydrogen) atoms. The first-order valence-corrected chi connectivity index (χ1v) is 8.85. The first kappa shape index (κ1) is 17.5. The Bertz CT molecular complexity index is 728. The van der Waals surface area contributed by atoms with Crippen molar-refractivity contribution in [2.45, 2.75) is 26.3 Å². The summed E-state index contributed by atoms with van der Waals surface area (Å²) in [6.07, 6.45) is 4.28. The van der Waals surface area contributed by atoms with Crippen molar-refractivity contribution < 1.29 is 9.53 Å². The zero-order chi connectivity index (χ0) is 17.6. The Morgan fingerprint density at radius 3 is 2.76 bits per heavy atom. The Morgan fingerprint density at radius 2 is 2.08 bits per heavy atom. The highest BCUT2D eigenvalue weighted by molar-refractivity contribution is 6.30. The summed E-state index contributed by atoms with van der Waals surface area (Å²) in [4.78, 5) is 18.7. The van der Waals surface area contributed by atoms with Gasteiger partial charge in [0.25, 0.3) is 5.91 Å². The number of benzene rings is 1. The summed E-state index contributed by atoms with van der Waals surface area (Å²) in [5, 5.41) is 3.50. The van der Waals surface area contributed by atoms with E-state index >= 15 is 0 Å². The number of aryl methyl sites for hydroxylation is 1. The van der Waals surface area contributed by atoms with E-state index in [1.54, 1.807) is 12.1 Å². The number of carbonyl (C=O) groups is 1. The van der Waals surface area contributed by atoms with Gasteiger partial charge in [-0.3, -0.25) is 4.79 Å². The molecule has 0 aliphatic carbocycles. The Hall–Kier alpha value is -2.27. The smallest absolute Gasteiger partial charge is 0.258 e. The number of pyridine rings is 1. The second-order valence-electron chi connectivity index (χ2n) is 6.19. The van der Waals surface area contributed by atoms with Crippen molar-refractivity contribution in [3.63, 3.8) is 0 Å². The van der Waals surface area contributed by atoms with E-state index in [1.807, 2.05) is 31.3 Å². The van der Waals surface area contributed by atoms with Crippen LogP contribution >= 0.6 is 11.6 Å². The molecule has 6 heteroatoms.